The lowest BCUT2D eigenvalue weighted by Crippen LogP contribution is -2.47. The molecular formula is C21H20ClN7O2. The molecule has 0 spiro atoms. The van der Waals surface area contributed by atoms with E-state index in [1.807, 2.05) is 30.3 Å². The molecule has 3 amide bonds. The molecule has 1 saturated heterocycles. The molecule has 3 aromatic rings. The van der Waals surface area contributed by atoms with Crippen molar-refractivity contribution in [2.24, 2.45) is 0 Å². The van der Waals surface area contributed by atoms with Gasteiger partial charge in [-0.25, -0.2) is 9.78 Å². The van der Waals surface area contributed by atoms with Crippen molar-refractivity contribution >= 4 is 46.9 Å². The van der Waals surface area contributed by atoms with Crippen LogP contribution < -0.4 is 21.3 Å². The van der Waals surface area contributed by atoms with Crippen LogP contribution in [-0.4, -0.2) is 39.1 Å². The molecule has 4 N–H and O–H groups in total. The second-order valence-electron chi connectivity index (χ2n) is 7.57. The number of benzene rings is 1. The second kappa shape index (κ2) is 7.92. The fourth-order valence-corrected chi connectivity index (χ4v) is 3.55. The average Bonchev–Trinajstić information content (AvgIpc) is 3.47. The number of imide groups is 1. The number of rotatable bonds is 6. The summed E-state index contributed by atoms with van der Waals surface area (Å²) in [5.74, 6) is 1.08. The maximum absolute atomic E-state index is 12.1. The van der Waals surface area contributed by atoms with Crippen LogP contribution in [0.1, 0.15) is 24.0 Å². The highest BCUT2D eigenvalue weighted by atomic mass is 35.5. The molecular weight excluding hydrogens is 418 g/mol. The monoisotopic (exact) mass is 437 g/mol. The van der Waals surface area contributed by atoms with E-state index in [2.05, 4.69) is 26.4 Å². The Bertz CT molecular complexity index is 1220. The van der Waals surface area contributed by atoms with Gasteiger partial charge in [-0.2, -0.15) is 9.61 Å². The van der Waals surface area contributed by atoms with E-state index in [9.17, 15) is 9.59 Å². The molecule has 158 valence electrons. The molecule has 0 unspecified atom stereocenters. The van der Waals surface area contributed by atoms with Gasteiger partial charge < -0.3 is 16.0 Å². The highest BCUT2D eigenvalue weighted by Gasteiger charge is 2.24. The Hall–Kier alpha value is -3.59. The van der Waals surface area contributed by atoms with Crippen molar-refractivity contribution in [3.63, 3.8) is 0 Å². The molecule has 1 aromatic carbocycles. The zero-order valence-electron chi connectivity index (χ0n) is 16.5. The van der Waals surface area contributed by atoms with Crippen molar-refractivity contribution in [3.05, 3.63) is 58.3 Å². The molecule has 1 saturated carbocycles. The number of urea groups is 1. The van der Waals surface area contributed by atoms with Crippen molar-refractivity contribution in [2.45, 2.75) is 25.4 Å². The molecule has 0 atom stereocenters. The minimum Gasteiger partial charge on any atom is -0.367 e. The van der Waals surface area contributed by atoms with Crippen LogP contribution in [0.4, 0.5) is 16.4 Å². The van der Waals surface area contributed by atoms with Gasteiger partial charge in [0.2, 0.25) is 0 Å². The predicted octanol–water partition coefficient (Wildman–Crippen LogP) is 2.79. The predicted molar refractivity (Wildman–Crippen MR) is 118 cm³/mol. The van der Waals surface area contributed by atoms with E-state index in [1.165, 1.54) is 0 Å². The van der Waals surface area contributed by atoms with E-state index in [0.717, 1.165) is 24.2 Å². The number of aromatic nitrogens is 3. The van der Waals surface area contributed by atoms with Crippen molar-refractivity contribution in [1.82, 2.24) is 25.2 Å². The minimum absolute atomic E-state index is 0.155. The number of carbonyl (C=O) groups is 2. The molecule has 1 aliphatic heterocycles. The smallest absolute Gasteiger partial charge is 0.321 e. The van der Waals surface area contributed by atoms with E-state index in [1.54, 1.807) is 16.8 Å². The largest absolute Gasteiger partial charge is 0.367 e. The molecule has 10 heteroatoms. The summed E-state index contributed by atoms with van der Waals surface area (Å²) in [7, 11) is 0. The average molecular weight is 438 g/mol. The quantitative estimate of drug-likeness (QED) is 0.441. The lowest BCUT2D eigenvalue weighted by atomic mass is 10.1. The van der Waals surface area contributed by atoms with Gasteiger partial charge >= 0.3 is 6.03 Å². The van der Waals surface area contributed by atoms with Crippen molar-refractivity contribution in [3.8, 4) is 0 Å². The molecule has 2 fully saturated rings. The zero-order chi connectivity index (χ0) is 21.4. The van der Waals surface area contributed by atoms with E-state index in [4.69, 9.17) is 16.6 Å². The van der Waals surface area contributed by atoms with Gasteiger partial charge in [0, 0.05) is 41.4 Å². The van der Waals surface area contributed by atoms with Crippen molar-refractivity contribution in [2.75, 3.05) is 17.2 Å². The first-order chi connectivity index (χ1) is 15.0. The van der Waals surface area contributed by atoms with Crippen LogP contribution in [-0.2, 0) is 11.3 Å². The van der Waals surface area contributed by atoms with E-state index >= 15 is 0 Å². The summed E-state index contributed by atoms with van der Waals surface area (Å²) >= 11 is 6.08. The second-order valence-corrected chi connectivity index (χ2v) is 8.01. The third-order valence-corrected chi connectivity index (χ3v) is 5.31. The van der Waals surface area contributed by atoms with E-state index in [-0.39, 0.29) is 6.54 Å². The first kappa shape index (κ1) is 19.4. The molecule has 3 heterocycles. The van der Waals surface area contributed by atoms with Gasteiger partial charge in [0.15, 0.2) is 5.65 Å². The molecule has 9 nitrogen and oxygen atoms in total. The van der Waals surface area contributed by atoms with Gasteiger partial charge in [-0.1, -0.05) is 23.7 Å². The number of hydrogen-bond acceptors (Lipinski definition) is 6. The number of nitrogens with zero attached hydrogens (tertiary/aromatic N) is 3. The topological polar surface area (TPSA) is 112 Å². The standard InChI is InChI=1S/C21H20ClN7O2/c22-15-3-1-2-12(6-15)9-23-17-8-18(26-16-4-5-16)29-19(27-17)13(11-25-29)7-14-10-24-21(31)28-20(14)30/h1-3,6-8,11,16,26H,4-5,9-10H2,(H,23,27)(H2,24,28,30,31)/b14-7+. The Morgan fingerprint density at radius 2 is 2.13 bits per heavy atom. The number of halogens is 1. The summed E-state index contributed by atoms with van der Waals surface area (Å²) in [6.07, 6.45) is 5.60. The summed E-state index contributed by atoms with van der Waals surface area (Å²) in [6, 6.07) is 9.49. The van der Waals surface area contributed by atoms with Crippen LogP contribution in [0.15, 0.2) is 42.1 Å². The van der Waals surface area contributed by atoms with E-state index in [0.29, 0.717) is 40.2 Å². The van der Waals surface area contributed by atoms with Crippen LogP contribution in [0.3, 0.4) is 0 Å². The fourth-order valence-electron chi connectivity index (χ4n) is 3.34. The van der Waals surface area contributed by atoms with Gasteiger partial charge in [0.1, 0.15) is 11.6 Å². The number of anilines is 2. The van der Waals surface area contributed by atoms with Gasteiger partial charge in [0.05, 0.1) is 6.20 Å². The first-order valence-corrected chi connectivity index (χ1v) is 10.4. The molecule has 2 aliphatic rings. The van der Waals surface area contributed by atoms with Gasteiger partial charge in [-0.05, 0) is 36.6 Å². The number of nitrogens with one attached hydrogen (secondary N) is 4. The molecule has 0 bridgehead atoms. The highest BCUT2D eigenvalue weighted by molar-refractivity contribution is 6.30. The zero-order valence-corrected chi connectivity index (χ0v) is 17.2. The Morgan fingerprint density at radius 3 is 2.90 bits per heavy atom. The third kappa shape index (κ3) is 4.31. The van der Waals surface area contributed by atoms with Crippen LogP contribution >= 0.6 is 11.6 Å². The lowest BCUT2D eigenvalue weighted by molar-refractivity contribution is -0.116. The number of fused-ring (bicyclic) bond motifs is 1. The van der Waals surface area contributed by atoms with Crippen LogP contribution in [0.2, 0.25) is 5.02 Å². The lowest BCUT2D eigenvalue weighted by Gasteiger charge is -2.15. The van der Waals surface area contributed by atoms with Crippen molar-refractivity contribution in [1.29, 1.82) is 0 Å². The molecule has 1 aliphatic carbocycles. The summed E-state index contributed by atoms with van der Waals surface area (Å²) in [4.78, 5) is 28.2. The SMILES string of the molecule is O=C1NC/C(=C\c2cnn3c(NC4CC4)cc(NCc4cccc(Cl)c4)nc23)C(=O)N1. The Kier molecular flexibility index (Phi) is 4.95. The summed E-state index contributed by atoms with van der Waals surface area (Å²) in [5.41, 5.74) is 2.77. The van der Waals surface area contributed by atoms with Crippen molar-refractivity contribution < 1.29 is 9.59 Å². The number of hydrogen-bond donors (Lipinski definition) is 4. The third-order valence-electron chi connectivity index (χ3n) is 5.08. The van der Waals surface area contributed by atoms with Gasteiger partial charge in [0.25, 0.3) is 5.91 Å². The highest BCUT2D eigenvalue weighted by Crippen LogP contribution is 2.27. The maximum Gasteiger partial charge on any atom is 0.321 e. The molecule has 31 heavy (non-hydrogen) atoms. The number of carbonyl (C=O) groups excluding carboxylic acids is 2. The summed E-state index contributed by atoms with van der Waals surface area (Å²) < 4.78 is 1.73. The van der Waals surface area contributed by atoms with Gasteiger partial charge in [-0.15, -0.1) is 0 Å². The Morgan fingerprint density at radius 1 is 1.26 bits per heavy atom. The fraction of sp³-hybridized carbons (Fsp3) is 0.238. The Labute approximate surface area is 182 Å². The first-order valence-electron chi connectivity index (χ1n) is 9.98. The van der Waals surface area contributed by atoms with Crippen LogP contribution in [0, 0.1) is 0 Å². The van der Waals surface area contributed by atoms with Gasteiger partial charge in [-0.3, -0.25) is 10.1 Å². The molecule has 2 aromatic heterocycles. The normalized spacial score (nSPS) is 17.5. The van der Waals surface area contributed by atoms with E-state index < -0.39 is 11.9 Å². The molecule has 0 radical (unpaired) electrons. The van der Waals surface area contributed by atoms with Crippen LogP contribution in [0.5, 0.6) is 0 Å². The summed E-state index contributed by atoms with van der Waals surface area (Å²) in [5, 5.41) is 16.8. The Balaban J connectivity index is 1.48. The minimum atomic E-state index is -0.497. The molecule has 5 rings (SSSR count). The number of amides is 3. The summed E-state index contributed by atoms with van der Waals surface area (Å²) in [6.45, 7) is 0.716. The van der Waals surface area contributed by atoms with Crippen LogP contribution in [0.25, 0.3) is 11.7 Å². The maximum atomic E-state index is 12.1.